The molecule has 1 saturated heterocycles. The molecule has 0 spiro atoms. The summed E-state index contributed by atoms with van der Waals surface area (Å²) in [5.41, 5.74) is 1.76. The highest BCUT2D eigenvalue weighted by atomic mass is 16.5. The van der Waals surface area contributed by atoms with Crippen molar-refractivity contribution in [3.63, 3.8) is 0 Å². The Balaban J connectivity index is 2.36. The lowest BCUT2D eigenvalue weighted by Crippen LogP contribution is -2.49. The first-order valence-electron chi connectivity index (χ1n) is 10.9. The molecule has 28 heavy (non-hydrogen) atoms. The van der Waals surface area contributed by atoms with E-state index in [1.165, 1.54) is 5.82 Å². The Bertz CT molecular complexity index is 597. The molecule has 2 rings (SSSR count). The maximum Gasteiger partial charge on any atom is 0.333 e. The number of carbonyl (C=O) groups is 1. The molecule has 0 aromatic heterocycles. The summed E-state index contributed by atoms with van der Waals surface area (Å²) in [5.74, 6) is 0.901. The first-order valence-corrected chi connectivity index (χ1v) is 10.9. The van der Waals surface area contributed by atoms with E-state index in [0.717, 1.165) is 64.1 Å². The molecule has 1 fully saturated rings. The van der Waals surface area contributed by atoms with Gasteiger partial charge < -0.3 is 19.6 Å². The fourth-order valence-corrected chi connectivity index (χ4v) is 4.15. The molecule has 0 aliphatic carbocycles. The Hall–Kier alpha value is -1.49. The number of hydrogen-bond donors (Lipinski definition) is 1. The number of aliphatic carboxylic acids is 1. The molecule has 0 saturated carbocycles. The van der Waals surface area contributed by atoms with Gasteiger partial charge in [0.25, 0.3) is 0 Å². The minimum absolute atomic E-state index is 0.0599. The van der Waals surface area contributed by atoms with Crippen LogP contribution in [0, 0.1) is 11.3 Å². The van der Waals surface area contributed by atoms with Crippen molar-refractivity contribution < 1.29 is 14.6 Å². The highest BCUT2D eigenvalue weighted by Gasteiger charge is 2.36. The summed E-state index contributed by atoms with van der Waals surface area (Å²) >= 11 is 0. The van der Waals surface area contributed by atoms with Crippen LogP contribution in [0.25, 0.3) is 0 Å². The van der Waals surface area contributed by atoms with Crippen molar-refractivity contribution in [2.75, 3.05) is 32.8 Å². The SMILES string of the molecule is CCC(C)CC1C(C(=O)O)=C(C)C=C(N2CCOCC2)N1CCCC(C)(C)C. The zero-order valence-electron chi connectivity index (χ0n) is 18.8. The summed E-state index contributed by atoms with van der Waals surface area (Å²) in [6.45, 7) is 17.3. The van der Waals surface area contributed by atoms with Gasteiger partial charge in [0.2, 0.25) is 0 Å². The zero-order valence-corrected chi connectivity index (χ0v) is 18.8. The zero-order chi connectivity index (χ0) is 20.9. The Morgan fingerprint density at radius 3 is 2.50 bits per heavy atom. The standard InChI is InChI=1S/C23H40N2O3/c1-7-17(2)15-19-21(22(26)27)18(3)16-20(24-11-13-28-14-12-24)25(19)10-8-9-23(4,5)6/h16-17,19H,7-15H2,1-6H3,(H,26,27). The molecule has 2 unspecified atom stereocenters. The maximum atomic E-state index is 12.2. The third-order valence-electron chi connectivity index (χ3n) is 5.99. The van der Waals surface area contributed by atoms with Gasteiger partial charge in [-0.3, -0.25) is 0 Å². The summed E-state index contributed by atoms with van der Waals surface area (Å²) in [5, 5.41) is 9.99. The van der Waals surface area contributed by atoms with Crippen LogP contribution in [0.3, 0.4) is 0 Å². The van der Waals surface area contributed by atoms with Crippen molar-refractivity contribution in [3.8, 4) is 0 Å². The molecule has 0 radical (unpaired) electrons. The van der Waals surface area contributed by atoms with Gasteiger partial charge in [0.15, 0.2) is 0 Å². The summed E-state index contributed by atoms with van der Waals surface area (Å²) in [4.78, 5) is 16.9. The molecule has 2 heterocycles. The van der Waals surface area contributed by atoms with Gasteiger partial charge in [-0.05, 0) is 49.2 Å². The normalized spacial score (nSPS) is 22.4. The van der Waals surface area contributed by atoms with Crippen molar-refractivity contribution >= 4 is 5.97 Å². The lowest BCUT2D eigenvalue weighted by atomic mass is 9.86. The predicted octanol–water partition coefficient (Wildman–Crippen LogP) is 4.51. The van der Waals surface area contributed by atoms with Gasteiger partial charge in [-0.25, -0.2) is 4.79 Å². The number of nitrogens with zero attached hydrogens (tertiary/aromatic N) is 2. The molecule has 2 atom stereocenters. The second-order valence-corrected chi connectivity index (χ2v) is 9.63. The van der Waals surface area contributed by atoms with E-state index in [0.29, 0.717) is 11.5 Å². The molecule has 0 amide bonds. The Morgan fingerprint density at radius 1 is 1.32 bits per heavy atom. The Morgan fingerprint density at radius 2 is 1.96 bits per heavy atom. The molecule has 5 heteroatoms. The molecule has 5 nitrogen and oxygen atoms in total. The first kappa shape index (κ1) is 22.8. The van der Waals surface area contributed by atoms with Gasteiger partial charge in [-0.15, -0.1) is 0 Å². The molecule has 1 N–H and O–H groups in total. The van der Waals surface area contributed by atoms with E-state index in [1.807, 2.05) is 6.92 Å². The van der Waals surface area contributed by atoms with Crippen molar-refractivity contribution in [1.82, 2.24) is 9.80 Å². The average molecular weight is 393 g/mol. The minimum Gasteiger partial charge on any atom is -0.478 e. The van der Waals surface area contributed by atoms with Crippen LogP contribution in [-0.2, 0) is 9.53 Å². The number of carboxylic acid groups (broad SMARTS) is 1. The average Bonchev–Trinajstić information content (AvgIpc) is 2.62. The third-order valence-corrected chi connectivity index (χ3v) is 5.99. The van der Waals surface area contributed by atoms with Crippen molar-refractivity contribution in [1.29, 1.82) is 0 Å². The van der Waals surface area contributed by atoms with Gasteiger partial charge in [0.05, 0.1) is 24.8 Å². The van der Waals surface area contributed by atoms with E-state index in [9.17, 15) is 9.90 Å². The van der Waals surface area contributed by atoms with Gasteiger partial charge in [0, 0.05) is 19.6 Å². The molecule has 2 aliphatic rings. The number of carboxylic acids is 1. The molecule has 0 bridgehead atoms. The third kappa shape index (κ3) is 6.00. The lowest BCUT2D eigenvalue weighted by Gasteiger charge is -2.45. The molecule has 0 aromatic carbocycles. The van der Waals surface area contributed by atoms with Crippen LogP contribution < -0.4 is 0 Å². The predicted molar refractivity (Wildman–Crippen MR) is 114 cm³/mol. The smallest absolute Gasteiger partial charge is 0.333 e. The number of allylic oxidation sites excluding steroid dienone is 2. The highest BCUT2D eigenvalue weighted by molar-refractivity contribution is 5.90. The highest BCUT2D eigenvalue weighted by Crippen LogP contribution is 2.34. The molecule has 2 aliphatic heterocycles. The maximum absolute atomic E-state index is 12.2. The fraction of sp³-hybridized carbons (Fsp3) is 0.783. The van der Waals surface area contributed by atoms with Crippen LogP contribution in [0.5, 0.6) is 0 Å². The number of morpholine rings is 1. The van der Waals surface area contributed by atoms with Crippen LogP contribution in [0.4, 0.5) is 0 Å². The summed E-state index contributed by atoms with van der Waals surface area (Å²) in [7, 11) is 0. The van der Waals surface area contributed by atoms with Gasteiger partial charge in [-0.1, -0.05) is 41.0 Å². The van der Waals surface area contributed by atoms with E-state index in [2.05, 4.69) is 50.5 Å². The van der Waals surface area contributed by atoms with Crippen molar-refractivity contribution in [2.24, 2.45) is 11.3 Å². The van der Waals surface area contributed by atoms with Crippen LogP contribution >= 0.6 is 0 Å². The number of rotatable bonds is 8. The van der Waals surface area contributed by atoms with Crippen LogP contribution in [-0.4, -0.2) is 59.8 Å². The van der Waals surface area contributed by atoms with Gasteiger partial charge in [0.1, 0.15) is 5.82 Å². The quantitative estimate of drug-likeness (QED) is 0.659. The van der Waals surface area contributed by atoms with Crippen molar-refractivity contribution in [3.05, 3.63) is 23.0 Å². The number of ether oxygens (including phenoxy) is 1. The fourth-order valence-electron chi connectivity index (χ4n) is 4.15. The second-order valence-electron chi connectivity index (χ2n) is 9.63. The summed E-state index contributed by atoms with van der Waals surface area (Å²) in [6, 6.07) is -0.0599. The van der Waals surface area contributed by atoms with E-state index in [4.69, 9.17) is 4.74 Å². The molecule has 0 aromatic rings. The largest absolute Gasteiger partial charge is 0.478 e. The first-order chi connectivity index (χ1) is 13.1. The van der Waals surface area contributed by atoms with Crippen LogP contribution in [0.15, 0.2) is 23.0 Å². The van der Waals surface area contributed by atoms with Crippen LogP contribution in [0.2, 0.25) is 0 Å². The van der Waals surface area contributed by atoms with E-state index in [-0.39, 0.29) is 11.5 Å². The van der Waals surface area contributed by atoms with Crippen molar-refractivity contribution in [2.45, 2.75) is 73.3 Å². The molecular formula is C23H40N2O3. The van der Waals surface area contributed by atoms with E-state index < -0.39 is 5.97 Å². The Labute approximate surface area is 171 Å². The topological polar surface area (TPSA) is 53.0 Å². The number of hydrogen-bond acceptors (Lipinski definition) is 4. The molecule has 160 valence electrons. The summed E-state index contributed by atoms with van der Waals surface area (Å²) in [6.07, 6.45) is 6.23. The minimum atomic E-state index is -0.774. The second kappa shape index (κ2) is 9.82. The lowest BCUT2D eigenvalue weighted by molar-refractivity contribution is -0.133. The van der Waals surface area contributed by atoms with Gasteiger partial charge in [-0.2, -0.15) is 0 Å². The van der Waals surface area contributed by atoms with Crippen LogP contribution in [0.1, 0.15) is 67.2 Å². The summed E-state index contributed by atoms with van der Waals surface area (Å²) < 4.78 is 5.55. The monoisotopic (exact) mass is 392 g/mol. The van der Waals surface area contributed by atoms with E-state index in [1.54, 1.807) is 0 Å². The van der Waals surface area contributed by atoms with Gasteiger partial charge >= 0.3 is 5.97 Å². The van der Waals surface area contributed by atoms with E-state index >= 15 is 0 Å². The molecular weight excluding hydrogens is 352 g/mol. The Kier molecular flexibility index (Phi) is 7.99.